The minimum Gasteiger partial charge on any atom is -0.500 e. The molecule has 0 aliphatic rings. The molecule has 0 aromatic rings. The maximum Gasteiger partial charge on any atom is 0.106 e. The van der Waals surface area contributed by atoms with E-state index in [9.17, 15) is 0 Å². The molecule has 0 saturated heterocycles. The van der Waals surface area contributed by atoms with Gasteiger partial charge >= 0.3 is 0 Å². The van der Waals surface area contributed by atoms with E-state index in [0.717, 1.165) is 17.9 Å². The van der Waals surface area contributed by atoms with Crippen LogP contribution < -0.4 is 3.53 Å². The Balaban J connectivity index is 3.65. The van der Waals surface area contributed by atoms with Gasteiger partial charge in [-0.25, -0.2) is 0 Å². The zero-order valence-corrected chi connectivity index (χ0v) is 9.87. The molecular formula is C7H14INOS. The van der Waals surface area contributed by atoms with Gasteiger partial charge in [-0.15, -0.1) is 0 Å². The van der Waals surface area contributed by atoms with Crippen LogP contribution >= 0.6 is 34.6 Å². The van der Waals surface area contributed by atoms with E-state index in [4.69, 9.17) is 4.74 Å². The van der Waals surface area contributed by atoms with Crippen molar-refractivity contribution in [1.29, 1.82) is 0 Å². The van der Waals surface area contributed by atoms with Crippen LogP contribution in [0.25, 0.3) is 0 Å². The summed E-state index contributed by atoms with van der Waals surface area (Å²) in [5.74, 6) is 1.94. The average Bonchev–Trinajstić information content (AvgIpc) is 2.05. The second-order valence-electron chi connectivity index (χ2n) is 2.11. The van der Waals surface area contributed by atoms with E-state index in [1.807, 2.05) is 11.8 Å². The Morgan fingerprint density at radius 3 is 2.82 bits per heavy atom. The molecule has 0 saturated carbocycles. The lowest BCUT2D eigenvalue weighted by molar-refractivity contribution is 0.262. The molecule has 4 heteroatoms. The third kappa shape index (κ3) is 4.92. The van der Waals surface area contributed by atoms with Gasteiger partial charge in [0, 0.05) is 22.9 Å². The van der Waals surface area contributed by atoms with E-state index in [1.54, 1.807) is 7.11 Å². The molecule has 2 nitrogen and oxygen atoms in total. The van der Waals surface area contributed by atoms with Crippen LogP contribution in [0.3, 0.4) is 0 Å². The van der Waals surface area contributed by atoms with Crippen molar-refractivity contribution in [2.45, 2.75) is 12.5 Å². The Hall–Kier alpha value is 0.580. The normalized spacial score (nSPS) is 12.6. The van der Waals surface area contributed by atoms with E-state index in [2.05, 4.69) is 39.2 Å². The highest BCUT2D eigenvalue weighted by molar-refractivity contribution is 14.1. The maximum atomic E-state index is 5.03. The van der Waals surface area contributed by atoms with Crippen LogP contribution in [0.1, 0.15) is 6.42 Å². The average molecular weight is 287 g/mol. The predicted octanol–water partition coefficient (Wildman–Crippen LogP) is 2.21. The van der Waals surface area contributed by atoms with Crippen LogP contribution in [0, 0.1) is 0 Å². The molecule has 0 radical (unpaired) electrons. The lowest BCUT2D eigenvalue weighted by Crippen LogP contribution is -2.23. The molecule has 1 N–H and O–H groups in total. The highest BCUT2D eigenvalue weighted by atomic mass is 127. The van der Waals surface area contributed by atoms with E-state index < -0.39 is 0 Å². The Kier molecular flexibility index (Phi) is 7.62. The fraction of sp³-hybridized carbons (Fsp3) is 0.714. The van der Waals surface area contributed by atoms with Gasteiger partial charge in [-0.05, 0) is 18.4 Å². The first-order valence-electron chi connectivity index (χ1n) is 3.34. The summed E-state index contributed by atoms with van der Waals surface area (Å²) < 4.78 is 8.15. The number of rotatable bonds is 6. The molecule has 0 amide bonds. The van der Waals surface area contributed by atoms with Crippen LogP contribution in [0.5, 0.6) is 0 Å². The summed E-state index contributed by atoms with van der Waals surface area (Å²) in [5, 5.41) is 0. The Morgan fingerprint density at radius 1 is 1.82 bits per heavy atom. The fourth-order valence-electron chi connectivity index (χ4n) is 0.654. The van der Waals surface area contributed by atoms with E-state index >= 15 is 0 Å². The molecule has 1 atom stereocenters. The molecular weight excluding hydrogens is 273 g/mol. The number of thioether (sulfide) groups is 1. The number of hydrogen-bond donors (Lipinski definition) is 1. The van der Waals surface area contributed by atoms with Crippen molar-refractivity contribution < 1.29 is 4.74 Å². The molecule has 0 aromatic heterocycles. The monoisotopic (exact) mass is 287 g/mol. The van der Waals surface area contributed by atoms with Gasteiger partial charge in [0.25, 0.3) is 0 Å². The molecule has 0 aliphatic carbocycles. The number of nitrogens with one attached hydrogen (secondary N) is 1. The number of hydrogen-bond acceptors (Lipinski definition) is 3. The van der Waals surface area contributed by atoms with Crippen LogP contribution in [-0.2, 0) is 4.74 Å². The van der Waals surface area contributed by atoms with Crippen molar-refractivity contribution in [2.75, 3.05) is 19.1 Å². The first kappa shape index (κ1) is 11.6. The first-order chi connectivity index (χ1) is 5.26. The minimum atomic E-state index is 0.285. The summed E-state index contributed by atoms with van der Waals surface area (Å²) in [4.78, 5) is 0. The zero-order chi connectivity index (χ0) is 8.69. The van der Waals surface area contributed by atoms with Crippen LogP contribution in [0.4, 0.5) is 0 Å². The Morgan fingerprint density at radius 2 is 2.45 bits per heavy atom. The summed E-state index contributed by atoms with van der Waals surface area (Å²) in [6.07, 6.45) is 3.16. The third-order valence-corrected chi connectivity index (χ3v) is 2.79. The van der Waals surface area contributed by atoms with Crippen molar-refractivity contribution in [1.82, 2.24) is 3.53 Å². The van der Waals surface area contributed by atoms with Gasteiger partial charge in [0.15, 0.2) is 0 Å². The summed E-state index contributed by atoms with van der Waals surface area (Å²) >= 11 is 3.96. The third-order valence-electron chi connectivity index (χ3n) is 1.39. The fourth-order valence-corrected chi connectivity index (χ4v) is 1.78. The molecule has 0 aliphatic heterocycles. The molecule has 0 unspecified atom stereocenters. The van der Waals surface area contributed by atoms with Crippen molar-refractivity contribution in [3.63, 3.8) is 0 Å². The molecule has 0 rings (SSSR count). The first-order valence-corrected chi connectivity index (χ1v) is 5.81. The minimum absolute atomic E-state index is 0.285. The summed E-state index contributed by atoms with van der Waals surface area (Å²) in [7, 11) is 1.66. The van der Waals surface area contributed by atoms with Crippen LogP contribution in [-0.4, -0.2) is 25.2 Å². The lowest BCUT2D eigenvalue weighted by atomic mass is 10.2. The van der Waals surface area contributed by atoms with Crippen molar-refractivity contribution >= 4 is 34.6 Å². The Bertz CT molecular complexity index is 121. The molecule has 11 heavy (non-hydrogen) atoms. The topological polar surface area (TPSA) is 21.3 Å². The molecule has 0 spiro atoms. The second kappa shape index (κ2) is 7.24. The summed E-state index contributed by atoms with van der Waals surface area (Å²) in [6.45, 7) is 3.80. The standard InChI is InChI=1S/C7H14INOS/c1-6(10-2)7(9-8)4-5-11-3/h7,9H,1,4-5H2,2-3H3/t7-/m0/s1. The SMILES string of the molecule is C=C(OC)[C@H](CCSC)NI. The van der Waals surface area contributed by atoms with Gasteiger partial charge in [0.1, 0.15) is 5.76 Å². The van der Waals surface area contributed by atoms with Crippen LogP contribution in [0.15, 0.2) is 12.3 Å². The highest BCUT2D eigenvalue weighted by Crippen LogP contribution is 2.09. The lowest BCUT2D eigenvalue weighted by Gasteiger charge is -2.15. The van der Waals surface area contributed by atoms with Gasteiger partial charge in [-0.2, -0.15) is 11.8 Å². The summed E-state index contributed by atoms with van der Waals surface area (Å²) in [6, 6.07) is 0.285. The van der Waals surface area contributed by atoms with Gasteiger partial charge in [-0.1, -0.05) is 6.58 Å². The molecule has 66 valence electrons. The largest absolute Gasteiger partial charge is 0.500 e. The quantitative estimate of drug-likeness (QED) is 0.460. The van der Waals surface area contributed by atoms with Gasteiger partial charge in [-0.3, -0.25) is 3.53 Å². The van der Waals surface area contributed by atoms with Crippen molar-refractivity contribution in [3.05, 3.63) is 12.3 Å². The Labute approximate surface area is 86.6 Å². The molecule has 0 bridgehead atoms. The predicted molar refractivity (Wildman–Crippen MR) is 60.1 cm³/mol. The van der Waals surface area contributed by atoms with Crippen molar-refractivity contribution in [3.8, 4) is 0 Å². The van der Waals surface area contributed by atoms with E-state index in [0.29, 0.717) is 0 Å². The smallest absolute Gasteiger partial charge is 0.106 e. The second-order valence-corrected chi connectivity index (χ2v) is 3.72. The van der Waals surface area contributed by atoms with E-state index in [-0.39, 0.29) is 6.04 Å². The molecule has 0 aromatic carbocycles. The van der Waals surface area contributed by atoms with Gasteiger partial charge in [0.2, 0.25) is 0 Å². The highest BCUT2D eigenvalue weighted by Gasteiger charge is 2.09. The molecule has 0 fully saturated rings. The van der Waals surface area contributed by atoms with Crippen molar-refractivity contribution in [2.24, 2.45) is 0 Å². The number of ether oxygens (including phenoxy) is 1. The van der Waals surface area contributed by atoms with Gasteiger partial charge < -0.3 is 4.74 Å². The maximum absolute atomic E-state index is 5.03. The number of methoxy groups -OCH3 is 1. The summed E-state index contributed by atoms with van der Waals surface area (Å²) in [5.41, 5.74) is 0. The van der Waals surface area contributed by atoms with E-state index in [1.165, 1.54) is 0 Å². The van der Waals surface area contributed by atoms with Gasteiger partial charge in [0.05, 0.1) is 13.2 Å². The zero-order valence-electron chi connectivity index (χ0n) is 6.89. The molecule has 0 heterocycles. The van der Waals surface area contributed by atoms with Crippen LogP contribution in [0.2, 0.25) is 0 Å². The number of halogens is 1.